The van der Waals surface area contributed by atoms with Crippen molar-refractivity contribution in [2.45, 2.75) is 20.3 Å². The lowest BCUT2D eigenvalue weighted by molar-refractivity contribution is -0.151. The molecule has 0 aromatic heterocycles. The molecule has 1 aliphatic rings. The number of hydrogen-bond acceptors (Lipinski definition) is 6. The molecular weight excluding hydrogens is 400 g/mol. The molecule has 162 valence electrons. The van der Waals surface area contributed by atoms with Crippen LogP contribution in [0.15, 0.2) is 42.5 Å². The molecule has 2 aromatic carbocycles. The van der Waals surface area contributed by atoms with Crippen LogP contribution in [0.5, 0.6) is 0 Å². The van der Waals surface area contributed by atoms with Crippen LogP contribution < -0.4 is 10.2 Å². The fraction of sp³-hybridized carbons (Fsp3) is 0.304. The van der Waals surface area contributed by atoms with Crippen molar-refractivity contribution >= 4 is 35.1 Å². The summed E-state index contributed by atoms with van der Waals surface area (Å²) >= 11 is 0. The van der Waals surface area contributed by atoms with Gasteiger partial charge in [0, 0.05) is 24.3 Å². The van der Waals surface area contributed by atoms with Crippen molar-refractivity contribution < 1.29 is 28.7 Å². The third-order valence-electron chi connectivity index (χ3n) is 5.07. The Labute approximate surface area is 180 Å². The third kappa shape index (κ3) is 5.28. The molecule has 1 saturated heterocycles. The number of nitrogens with one attached hydrogen (secondary N) is 1. The first-order valence-corrected chi connectivity index (χ1v) is 9.81. The summed E-state index contributed by atoms with van der Waals surface area (Å²) < 4.78 is 9.79. The maximum absolute atomic E-state index is 12.4. The van der Waals surface area contributed by atoms with E-state index in [2.05, 4.69) is 10.1 Å². The molecule has 0 bridgehead atoms. The Balaban J connectivity index is 1.54. The predicted molar refractivity (Wildman–Crippen MR) is 114 cm³/mol. The molecule has 1 heterocycles. The SMILES string of the molecule is COC(=O)c1ccc(N2C[C@@H](C(=O)OCC(=O)Nc3cc(C)ccc3C)CC2=O)cc1. The van der Waals surface area contributed by atoms with Gasteiger partial charge in [-0.3, -0.25) is 14.4 Å². The smallest absolute Gasteiger partial charge is 0.337 e. The molecule has 0 radical (unpaired) electrons. The number of anilines is 2. The molecular formula is C23H24N2O6. The Kier molecular flexibility index (Phi) is 6.69. The van der Waals surface area contributed by atoms with Crippen LogP contribution in [0.3, 0.4) is 0 Å². The standard InChI is InChI=1S/C23H24N2O6/c1-14-4-5-15(2)19(10-14)24-20(26)13-31-23(29)17-11-21(27)25(12-17)18-8-6-16(7-9-18)22(28)30-3/h4-10,17H,11-13H2,1-3H3,(H,24,26)/t17-/m0/s1. The van der Waals surface area contributed by atoms with Gasteiger partial charge in [-0.05, 0) is 55.3 Å². The van der Waals surface area contributed by atoms with Gasteiger partial charge in [0.05, 0.1) is 18.6 Å². The van der Waals surface area contributed by atoms with Gasteiger partial charge < -0.3 is 19.7 Å². The minimum Gasteiger partial charge on any atom is -0.465 e. The van der Waals surface area contributed by atoms with Gasteiger partial charge in [0.2, 0.25) is 5.91 Å². The number of carbonyl (C=O) groups excluding carboxylic acids is 4. The highest BCUT2D eigenvalue weighted by Gasteiger charge is 2.36. The number of ether oxygens (including phenoxy) is 2. The number of esters is 2. The molecule has 8 nitrogen and oxygen atoms in total. The molecule has 0 aliphatic carbocycles. The molecule has 0 spiro atoms. The number of benzene rings is 2. The first-order chi connectivity index (χ1) is 14.8. The van der Waals surface area contributed by atoms with Crippen LogP contribution >= 0.6 is 0 Å². The Morgan fingerprint density at radius 1 is 1.10 bits per heavy atom. The van der Waals surface area contributed by atoms with E-state index in [0.29, 0.717) is 16.9 Å². The van der Waals surface area contributed by atoms with Crippen molar-refractivity contribution in [2.75, 3.05) is 30.5 Å². The maximum Gasteiger partial charge on any atom is 0.337 e. The summed E-state index contributed by atoms with van der Waals surface area (Å²) in [6, 6.07) is 12.0. The van der Waals surface area contributed by atoms with Crippen LogP contribution in [0.2, 0.25) is 0 Å². The second-order valence-electron chi connectivity index (χ2n) is 7.42. The molecule has 0 unspecified atom stereocenters. The van der Waals surface area contributed by atoms with E-state index in [9.17, 15) is 19.2 Å². The van der Waals surface area contributed by atoms with E-state index in [-0.39, 0.29) is 18.9 Å². The van der Waals surface area contributed by atoms with E-state index in [1.54, 1.807) is 24.3 Å². The number of hydrogen-bond donors (Lipinski definition) is 1. The first-order valence-electron chi connectivity index (χ1n) is 9.81. The molecule has 1 fully saturated rings. The normalized spacial score (nSPS) is 15.5. The van der Waals surface area contributed by atoms with Crippen LogP contribution in [0.4, 0.5) is 11.4 Å². The van der Waals surface area contributed by atoms with E-state index >= 15 is 0 Å². The molecule has 2 amide bonds. The highest BCUT2D eigenvalue weighted by atomic mass is 16.5. The second kappa shape index (κ2) is 9.42. The van der Waals surface area contributed by atoms with Crippen LogP contribution in [0.25, 0.3) is 0 Å². The summed E-state index contributed by atoms with van der Waals surface area (Å²) in [7, 11) is 1.29. The van der Waals surface area contributed by atoms with Crippen LogP contribution in [0, 0.1) is 19.8 Å². The van der Waals surface area contributed by atoms with Gasteiger partial charge in [-0.15, -0.1) is 0 Å². The number of amides is 2. The molecule has 8 heteroatoms. The zero-order chi connectivity index (χ0) is 22.5. The van der Waals surface area contributed by atoms with Gasteiger partial charge in [-0.25, -0.2) is 4.79 Å². The largest absolute Gasteiger partial charge is 0.465 e. The average Bonchev–Trinajstić information content (AvgIpc) is 3.16. The van der Waals surface area contributed by atoms with E-state index < -0.39 is 30.4 Å². The van der Waals surface area contributed by atoms with Gasteiger partial charge in [0.1, 0.15) is 0 Å². The highest BCUT2D eigenvalue weighted by Crippen LogP contribution is 2.26. The van der Waals surface area contributed by atoms with Crippen molar-refractivity contribution in [1.82, 2.24) is 0 Å². The number of methoxy groups -OCH3 is 1. The highest BCUT2D eigenvalue weighted by molar-refractivity contribution is 6.00. The van der Waals surface area contributed by atoms with E-state index in [4.69, 9.17) is 4.74 Å². The lowest BCUT2D eigenvalue weighted by Crippen LogP contribution is -2.28. The first kappa shape index (κ1) is 22.0. The summed E-state index contributed by atoms with van der Waals surface area (Å²) in [5, 5.41) is 2.73. The van der Waals surface area contributed by atoms with Gasteiger partial charge in [0.15, 0.2) is 6.61 Å². The minimum absolute atomic E-state index is 0.00378. The number of rotatable bonds is 6. The maximum atomic E-state index is 12.4. The van der Waals surface area contributed by atoms with Crippen molar-refractivity contribution in [2.24, 2.45) is 5.92 Å². The molecule has 0 saturated carbocycles. The van der Waals surface area contributed by atoms with Crippen molar-refractivity contribution in [3.63, 3.8) is 0 Å². The lowest BCUT2D eigenvalue weighted by atomic mass is 10.1. The zero-order valence-electron chi connectivity index (χ0n) is 17.6. The van der Waals surface area contributed by atoms with Crippen molar-refractivity contribution in [3.8, 4) is 0 Å². The summed E-state index contributed by atoms with van der Waals surface area (Å²) in [6.45, 7) is 3.51. The zero-order valence-corrected chi connectivity index (χ0v) is 17.6. The number of aryl methyl sites for hydroxylation is 2. The number of nitrogens with zero attached hydrogens (tertiary/aromatic N) is 1. The van der Waals surface area contributed by atoms with Gasteiger partial charge in [-0.2, -0.15) is 0 Å². The molecule has 3 rings (SSSR count). The van der Waals surface area contributed by atoms with E-state index in [0.717, 1.165) is 11.1 Å². The lowest BCUT2D eigenvalue weighted by Gasteiger charge is -2.17. The molecule has 2 aromatic rings. The summed E-state index contributed by atoms with van der Waals surface area (Å²) in [6.07, 6.45) is -0.00378. The summed E-state index contributed by atoms with van der Waals surface area (Å²) in [4.78, 5) is 49.9. The summed E-state index contributed by atoms with van der Waals surface area (Å²) in [5.41, 5.74) is 3.51. The average molecular weight is 424 g/mol. The molecule has 1 N–H and O–H groups in total. The van der Waals surface area contributed by atoms with Gasteiger partial charge >= 0.3 is 11.9 Å². The Morgan fingerprint density at radius 3 is 2.48 bits per heavy atom. The summed E-state index contributed by atoms with van der Waals surface area (Å²) in [5.74, 6) is -2.41. The van der Waals surface area contributed by atoms with Gasteiger partial charge in [0.25, 0.3) is 5.91 Å². The van der Waals surface area contributed by atoms with E-state index in [1.807, 2.05) is 32.0 Å². The van der Waals surface area contributed by atoms with Crippen molar-refractivity contribution in [1.29, 1.82) is 0 Å². The molecule has 1 aliphatic heterocycles. The monoisotopic (exact) mass is 424 g/mol. The number of carbonyl (C=O) groups is 4. The fourth-order valence-corrected chi connectivity index (χ4v) is 3.32. The Bertz CT molecular complexity index is 1020. The quantitative estimate of drug-likeness (QED) is 0.716. The van der Waals surface area contributed by atoms with Crippen LogP contribution in [-0.2, 0) is 23.9 Å². The van der Waals surface area contributed by atoms with Crippen molar-refractivity contribution in [3.05, 3.63) is 59.2 Å². The fourth-order valence-electron chi connectivity index (χ4n) is 3.32. The molecule has 1 atom stereocenters. The Hall–Kier alpha value is -3.68. The molecule has 31 heavy (non-hydrogen) atoms. The van der Waals surface area contributed by atoms with Crippen LogP contribution in [-0.4, -0.2) is 44.0 Å². The third-order valence-corrected chi connectivity index (χ3v) is 5.07. The van der Waals surface area contributed by atoms with Gasteiger partial charge in [-0.1, -0.05) is 12.1 Å². The second-order valence-corrected chi connectivity index (χ2v) is 7.42. The predicted octanol–water partition coefficient (Wildman–Crippen LogP) is 2.62. The minimum atomic E-state index is -0.665. The van der Waals surface area contributed by atoms with Crippen LogP contribution in [0.1, 0.15) is 27.9 Å². The topological polar surface area (TPSA) is 102 Å². The Morgan fingerprint density at radius 2 is 1.81 bits per heavy atom. The van der Waals surface area contributed by atoms with E-state index in [1.165, 1.54) is 12.0 Å².